The van der Waals surface area contributed by atoms with Gasteiger partial charge < -0.3 is 5.73 Å². The largest absolute Gasteiger partial charge is 0.375 e. The Morgan fingerprint density at radius 3 is 2.63 bits per heavy atom. The van der Waals surface area contributed by atoms with Crippen molar-refractivity contribution in [1.29, 1.82) is 0 Å². The van der Waals surface area contributed by atoms with E-state index in [0.717, 1.165) is 16.9 Å². The van der Waals surface area contributed by atoms with Gasteiger partial charge in [0.1, 0.15) is 0 Å². The Labute approximate surface area is 120 Å². The molecule has 2 rings (SSSR count). The fourth-order valence-electron chi connectivity index (χ4n) is 1.55. The molecular weight excluding hydrogens is 306 g/mol. The number of sulfonamides is 1. The van der Waals surface area contributed by atoms with E-state index in [0.29, 0.717) is 16.4 Å². The molecule has 0 bridgehead atoms. The fraction of sp³-hybridized carbons (Fsp3) is 0.182. The molecule has 0 aliphatic rings. The number of hydrogen-bond acceptors (Lipinski definition) is 5. The topological polar surface area (TPSA) is 85.1 Å². The first-order chi connectivity index (χ1) is 8.79. The van der Waals surface area contributed by atoms with Gasteiger partial charge in [-0.2, -0.15) is 0 Å². The van der Waals surface area contributed by atoms with Gasteiger partial charge in [-0.15, -0.1) is 0 Å². The van der Waals surface area contributed by atoms with E-state index in [1.54, 1.807) is 32.0 Å². The number of benzene rings is 1. The van der Waals surface area contributed by atoms with Crippen LogP contribution in [0.1, 0.15) is 11.3 Å². The molecule has 1 aromatic heterocycles. The first-order valence-electron chi connectivity index (χ1n) is 5.31. The Bertz CT molecular complexity index is 726. The second-order valence-corrected chi connectivity index (χ2v) is 7.33. The summed E-state index contributed by atoms with van der Waals surface area (Å²) in [6, 6.07) is 5.01. The number of nitrogen functional groups attached to an aromatic ring is 1. The lowest BCUT2D eigenvalue weighted by molar-refractivity contribution is 0.602. The lowest BCUT2D eigenvalue weighted by Gasteiger charge is -2.09. The van der Waals surface area contributed by atoms with E-state index in [2.05, 4.69) is 9.71 Å². The molecule has 0 aliphatic carbocycles. The van der Waals surface area contributed by atoms with Gasteiger partial charge >= 0.3 is 0 Å². The van der Waals surface area contributed by atoms with Crippen molar-refractivity contribution in [1.82, 2.24) is 4.98 Å². The van der Waals surface area contributed by atoms with Gasteiger partial charge in [-0.3, -0.25) is 4.72 Å². The summed E-state index contributed by atoms with van der Waals surface area (Å²) in [5, 5.41) is 0.685. The summed E-state index contributed by atoms with van der Waals surface area (Å²) < 4.78 is 27.1. The average molecular weight is 318 g/mol. The van der Waals surface area contributed by atoms with Crippen LogP contribution >= 0.6 is 22.9 Å². The number of rotatable bonds is 3. The predicted molar refractivity (Wildman–Crippen MR) is 78.3 cm³/mol. The molecule has 0 radical (unpaired) electrons. The molecule has 0 aliphatic heterocycles. The van der Waals surface area contributed by atoms with Crippen molar-refractivity contribution in [2.75, 3.05) is 10.5 Å². The van der Waals surface area contributed by atoms with Crippen LogP contribution in [0, 0.1) is 13.8 Å². The standard InChI is InChI=1S/C11H12ClN3O2S2/c1-6-3-4-8(12)5-9(6)15-19(16,17)10-7(2)14-11(13)18-10/h3-5,15H,1-2H3,(H2,13,14). The molecule has 1 heterocycles. The molecule has 0 spiro atoms. The van der Waals surface area contributed by atoms with Crippen LogP contribution in [-0.4, -0.2) is 13.4 Å². The highest BCUT2D eigenvalue weighted by Gasteiger charge is 2.22. The number of aromatic nitrogens is 1. The van der Waals surface area contributed by atoms with Crippen LogP contribution < -0.4 is 10.5 Å². The Kier molecular flexibility index (Phi) is 3.71. The van der Waals surface area contributed by atoms with E-state index in [1.807, 2.05) is 0 Å². The highest BCUT2D eigenvalue weighted by Crippen LogP contribution is 2.28. The zero-order chi connectivity index (χ0) is 14.2. The summed E-state index contributed by atoms with van der Waals surface area (Å²) in [6.45, 7) is 3.40. The third-order valence-electron chi connectivity index (χ3n) is 2.46. The average Bonchev–Trinajstić information content (AvgIpc) is 2.63. The Hall–Kier alpha value is -1.31. The summed E-state index contributed by atoms with van der Waals surface area (Å²) in [6.07, 6.45) is 0. The van der Waals surface area contributed by atoms with E-state index in [1.165, 1.54) is 0 Å². The maximum Gasteiger partial charge on any atom is 0.273 e. The van der Waals surface area contributed by atoms with Gasteiger partial charge in [0.05, 0.1) is 11.4 Å². The maximum absolute atomic E-state index is 12.3. The molecule has 0 unspecified atom stereocenters. The zero-order valence-corrected chi connectivity index (χ0v) is 12.7. The normalized spacial score (nSPS) is 11.5. The molecule has 5 nitrogen and oxygen atoms in total. The van der Waals surface area contributed by atoms with Crippen molar-refractivity contribution in [2.45, 2.75) is 18.1 Å². The quantitative estimate of drug-likeness (QED) is 0.911. The van der Waals surface area contributed by atoms with Crippen molar-refractivity contribution >= 4 is 43.8 Å². The smallest absolute Gasteiger partial charge is 0.273 e. The number of nitrogens with two attached hydrogens (primary N) is 1. The predicted octanol–water partition coefficient (Wildman–Crippen LogP) is 2.80. The van der Waals surface area contributed by atoms with Crippen LogP contribution in [0.4, 0.5) is 10.8 Å². The van der Waals surface area contributed by atoms with Crippen LogP contribution in [0.15, 0.2) is 22.4 Å². The Morgan fingerprint density at radius 2 is 2.05 bits per heavy atom. The number of nitrogens with zero attached hydrogens (tertiary/aromatic N) is 1. The van der Waals surface area contributed by atoms with Crippen molar-refractivity contribution < 1.29 is 8.42 Å². The van der Waals surface area contributed by atoms with Crippen molar-refractivity contribution in [3.8, 4) is 0 Å². The summed E-state index contributed by atoms with van der Waals surface area (Å²) in [5.41, 5.74) is 7.13. The van der Waals surface area contributed by atoms with Crippen LogP contribution in [0.25, 0.3) is 0 Å². The van der Waals surface area contributed by atoms with Gasteiger partial charge in [0.2, 0.25) is 0 Å². The molecule has 0 saturated heterocycles. The lowest BCUT2D eigenvalue weighted by atomic mass is 10.2. The number of nitrogens with one attached hydrogen (secondary N) is 1. The third-order valence-corrected chi connectivity index (χ3v) is 5.66. The van der Waals surface area contributed by atoms with Gasteiger partial charge in [-0.25, -0.2) is 13.4 Å². The second kappa shape index (κ2) is 4.99. The Morgan fingerprint density at radius 1 is 1.37 bits per heavy atom. The van der Waals surface area contributed by atoms with Crippen molar-refractivity contribution in [3.05, 3.63) is 34.5 Å². The van der Waals surface area contributed by atoms with Gasteiger partial charge in [0, 0.05) is 5.02 Å². The van der Waals surface area contributed by atoms with Gasteiger partial charge in [0.25, 0.3) is 10.0 Å². The molecule has 2 aromatic rings. The lowest BCUT2D eigenvalue weighted by Crippen LogP contribution is -2.13. The van der Waals surface area contributed by atoms with E-state index in [-0.39, 0.29) is 9.34 Å². The first-order valence-corrected chi connectivity index (χ1v) is 7.99. The molecular formula is C11H12ClN3O2S2. The second-order valence-electron chi connectivity index (χ2n) is 3.99. The molecule has 102 valence electrons. The Balaban J connectivity index is 2.42. The van der Waals surface area contributed by atoms with Crippen LogP contribution in [0.2, 0.25) is 5.02 Å². The SMILES string of the molecule is Cc1ccc(Cl)cc1NS(=O)(=O)c1sc(N)nc1C. The first kappa shape index (κ1) is 14.1. The van der Waals surface area contributed by atoms with Gasteiger partial charge in [-0.1, -0.05) is 29.0 Å². The number of anilines is 2. The summed E-state index contributed by atoms with van der Waals surface area (Å²) in [4.78, 5) is 3.91. The van der Waals surface area contributed by atoms with E-state index in [9.17, 15) is 8.42 Å². The van der Waals surface area contributed by atoms with E-state index in [4.69, 9.17) is 17.3 Å². The summed E-state index contributed by atoms with van der Waals surface area (Å²) in [7, 11) is -3.70. The zero-order valence-electron chi connectivity index (χ0n) is 10.3. The van der Waals surface area contributed by atoms with E-state index < -0.39 is 10.0 Å². The summed E-state index contributed by atoms with van der Waals surface area (Å²) in [5.74, 6) is 0. The number of aryl methyl sites for hydroxylation is 2. The molecule has 0 atom stereocenters. The minimum absolute atomic E-state index is 0.115. The van der Waals surface area contributed by atoms with Crippen LogP contribution in [-0.2, 0) is 10.0 Å². The highest BCUT2D eigenvalue weighted by atomic mass is 35.5. The van der Waals surface area contributed by atoms with Crippen molar-refractivity contribution in [3.63, 3.8) is 0 Å². The van der Waals surface area contributed by atoms with E-state index >= 15 is 0 Å². The van der Waals surface area contributed by atoms with Gasteiger partial charge in [-0.05, 0) is 31.5 Å². The summed E-state index contributed by atoms with van der Waals surface area (Å²) >= 11 is 6.80. The molecule has 3 N–H and O–H groups in total. The number of thiazole rings is 1. The minimum atomic E-state index is -3.70. The minimum Gasteiger partial charge on any atom is -0.375 e. The fourth-order valence-corrected chi connectivity index (χ4v) is 4.14. The molecule has 0 saturated carbocycles. The molecule has 0 fully saturated rings. The number of hydrogen-bond donors (Lipinski definition) is 2. The number of halogens is 1. The highest BCUT2D eigenvalue weighted by molar-refractivity contribution is 7.94. The molecule has 0 amide bonds. The molecule has 19 heavy (non-hydrogen) atoms. The third kappa shape index (κ3) is 2.99. The van der Waals surface area contributed by atoms with Crippen LogP contribution in [0.5, 0.6) is 0 Å². The maximum atomic E-state index is 12.3. The van der Waals surface area contributed by atoms with Crippen molar-refractivity contribution in [2.24, 2.45) is 0 Å². The van der Waals surface area contributed by atoms with Crippen LogP contribution in [0.3, 0.4) is 0 Å². The van der Waals surface area contributed by atoms with Gasteiger partial charge in [0.15, 0.2) is 9.34 Å². The monoisotopic (exact) mass is 317 g/mol. The molecule has 8 heteroatoms. The molecule has 1 aromatic carbocycles.